The number of halogens is 1. The van der Waals surface area contributed by atoms with Crippen molar-refractivity contribution in [3.05, 3.63) is 59.9 Å². The number of hydrogen-bond acceptors (Lipinski definition) is 4. The quantitative estimate of drug-likeness (QED) is 0.584. The van der Waals surface area contributed by atoms with E-state index in [9.17, 15) is 4.39 Å². The van der Waals surface area contributed by atoms with E-state index >= 15 is 0 Å². The molecule has 3 aromatic rings. The minimum Gasteiger partial charge on any atom is -0.497 e. The van der Waals surface area contributed by atoms with Crippen LogP contribution in [0.15, 0.2) is 53.7 Å². The van der Waals surface area contributed by atoms with Crippen LogP contribution in [-0.4, -0.2) is 21.9 Å². The Morgan fingerprint density at radius 3 is 2.44 bits per heavy atom. The predicted octanol–water partition coefficient (Wildman–Crippen LogP) is 4.97. The monoisotopic (exact) mass is 357 g/mol. The molecule has 0 spiro atoms. The van der Waals surface area contributed by atoms with Crippen LogP contribution in [0, 0.1) is 5.82 Å². The van der Waals surface area contributed by atoms with Crippen LogP contribution in [0.5, 0.6) is 5.75 Å². The van der Waals surface area contributed by atoms with Crippen LogP contribution in [0.2, 0.25) is 0 Å². The van der Waals surface area contributed by atoms with Crippen LogP contribution in [0.25, 0.3) is 11.4 Å². The standard InChI is InChI=1S/C19H20FN3OS/c1-13(2)23-18(14-8-10-16(24-3)11-9-14)21-22-19(23)25-12-15-6-4-5-7-17(15)20/h4-11,13H,12H2,1-3H3. The average molecular weight is 357 g/mol. The summed E-state index contributed by atoms with van der Waals surface area (Å²) in [5, 5.41) is 9.46. The molecule has 1 aromatic heterocycles. The Hall–Kier alpha value is -2.34. The maximum atomic E-state index is 13.8. The molecular weight excluding hydrogens is 337 g/mol. The number of methoxy groups -OCH3 is 1. The molecule has 25 heavy (non-hydrogen) atoms. The van der Waals surface area contributed by atoms with Crippen molar-refractivity contribution in [3.8, 4) is 17.1 Å². The van der Waals surface area contributed by atoms with Crippen molar-refractivity contribution in [1.82, 2.24) is 14.8 Å². The molecular formula is C19H20FN3OS. The van der Waals surface area contributed by atoms with Gasteiger partial charge in [0.2, 0.25) is 0 Å². The van der Waals surface area contributed by atoms with Crippen molar-refractivity contribution in [2.75, 3.05) is 7.11 Å². The highest BCUT2D eigenvalue weighted by Gasteiger charge is 2.17. The summed E-state index contributed by atoms with van der Waals surface area (Å²) in [7, 11) is 1.64. The Morgan fingerprint density at radius 1 is 1.08 bits per heavy atom. The number of nitrogens with zero attached hydrogens (tertiary/aromatic N) is 3. The molecule has 0 aliphatic heterocycles. The van der Waals surface area contributed by atoms with Gasteiger partial charge in [0, 0.05) is 17.4 Å². The van der Waals surface area contributed by atoms with Crippen molar-refractivity contribution in [3.63, 3.8) is 0 Å². The van der Waals surface area contributed by atoms with Crippen molar-refractivity contribution in [2.45, 2.75) is 30.8 Å². The van der Waals surface area contributed by atoms with Gasteiger partial charge in [-0.1, -0.05) is 30.0 Å². The molecule has 1 heterocycles. The first-order valence-corrected chi connectivity index (χ1v) is 9.04. The first kappa shape index (κ1) is 17.5. The predicted molar refractivity (Wildman–Crippen MR) is 98.4 cm³/mol. The SMILES string of the molecule is COc1ccc(-c2nnc(SCc3ccccc3F)n2C(C)C)cc1. The number of thioether (sulfide) groups is 1. The highest BCUT2D eigenvalue weighted by molar-refractivity contribution is 7.98. The van der Waals surface area contributed by atoms with Gasteiger partial charge in [-0.15, -0.1) is 10.2 Å². The molecule has 130 valence electrons. The molecule has 0 saturated heterocycles. The van der Waals surface area contributed by atoms with Crippen molar-refractivity contribution < 1.29 is 9.13 Å². The van der Waals surface area contributed by atoms with E-state index in [-0.39, 0.29) is 11.9 Å². The third-order valence-corrected chi connectivity index (χ3v) is 4.84. The highest BCUT2D eigenvalue weighted by atomic mass is 32.2. The Morgan fingerprint density at radius 2 is 1.80 bits per heavy atom. The molecule has 0 saturated carbocycles. The largest absolute Gasteiger partial charge is 0.497 e. The van der Waals surface area contributed by atoms with Gasteiger partial charge < -0.3 is 4.74 Å². The summed E-state index contributed by atoms with van der Waals surface area (Å²) < 4.78 is 21.1. The Kier molecular flexibility index (Phi) is 5.38. The van der Waals surface area contributed by atoms with Crippen LogP contribution in [-0.2, 0) is 5.75 Å². The van der Waals surface area contributed by atoms with E-state index in [1.807, 2.05) is 30.3 Å². The summed E-state index contributed by atoms with van der Waals surface area (Å²) in [4.78, 5) is 0. The summed E-state index contributed by atoms with van der Waals surface area (Å²) in [6, 6.07) is 14.7. The van der Waals surface area contributed by atoms with E-state index in [1.165, 1.54) is 17.8 Å². The van der Waals surface area contributed by atoms with Gasteiger partial charge in [0.05, 0.1) is 7.11 Å². The molecule has 4 nitrogen and oxygen atoms in total. The fourth-order valence-corrected chi connectivity index (χ4v) is 3.59. The second kappa shape index (κ2) is 7.70. The van der Waals surface area contributed by atoms with E-state index in [1.54, 1.807) is 19.2 Å². The van der Waals surface area contributed by atoms with Crippen molar-refractivity contribution in [2.24, 2.45) is 0 Å². The van der Waals surface area contributed by atoms with Crippen LogP contribution in [0.1, 0.15) is 25.5 Å². The van der Waals surface area contributed by atoms with Crippen LogP contribution < -0.4 is 4.74 Å². The number of ether oxygens (including phenoxy) is 1. The molecule has 0 N–H and O–H groups in total. The lowest BCUT2D eigenvalue weighted by Crippen LogP contribution is -2.05. The van der Waals surface area contributed by atoms with Crippen LogP contribution >= 0.6 is 11.8 Å². The fraction of sp³-hybridized carbons (Fsp3) is 0.263. The van der Waals surface area contributed by atoms with E-state index in [4.69, 9.17) is 4.74 Å². The summed E-state index contributed by atoms with van der Waals surface area (Å²) in [6.07, 6.45) is 0. The highest BCUT2D eigenvalue weighted by Crippen LogP contribution is 2.30. The topological polar surface area (TPSA) is 39.9 Å². The lowest BCUT2D eigenvalue weighted by atomic mass is 10.2. The fourth-order valence-electron chi connectivity index (χ4n) is 2.54. The molecule has 2 aromatic carbocycles. The Balaban J connectivity index is 1.88. The number of aromatic nitrogens is 3. The van der Waals surface area contributed by atoms with Crippen LogP contribution in [0.4, 0.5) is 4.39 Å². The molecule has 6 heteroatoms. The van der Waals surface area contributed by atoms with E-state index in [2.05, 4.69) is 28.6 Å². The first-order valence-electron chi connectivity index (χ1n) is 8.05. The molecule has 0 aliphatic carbocycles. The smallest absolute Gasteiger partial charge is 0.192 e. The molecule has 0 aliphatic rings. The minimum atomic E-state index is -0.194. The molecule has 0 fully saturated rings. The summed E-state index contributed by atoms with van der Waals surface area (Å²) in [5.41, 5.74) is 1.64. The third kappa shape index (κ3) is 3.85. The lowest BCUT2D eigenvalue weighted by molar-refractivity contribution is 0.415. The van der Waals surface area contributed by atoms with E-state index in [0.29, 0.717) is 11.3 Å². The third-order valence-electron chi connectivity index (χ3n) is 3.84. The van der Waals surface area contributed by atoms with Gasteiger partial charge in [-0.05, 0) is 49.7 Å². The Bertz CT molecular complexity index is 846. The summed E-state index contributed by atoms with van der Waals surface area (Å²) in [6.45, 7) is 4.17. The van der Waals surface area contributed by atoms with Gasteiger partial charge in [-0.25, -0.2) is 4.39 Å². The molecule has 0 atom stereocenters. The van der Waals surface area contributed by atoms with Gasteiger partial charge in [-0.2, -0.15) is 0 Å². The maximum Gasteiger partial charge on any atom is 0.192 e. The minimum absolute atomic E-state index is 0.190. The van der Waals surface area contributed by atoms with Crippen molar-refractivity contribution >= 4 is 11.8 Å². The van der Waals surface area contributed by atoms with Gasteiger partial charge >= 0.3 is 0 Å². The number of hydrogen-bond donors (Lipinski definition) is 0. The second-order valence-corrected chi connectivity index (χ2v) is 6.82. The number of benzene rings is 2. The van der Waals surface area contributed by atoms with Gasteiger partial charge in [0.25, 0.3) is 0 Å². The lowest BCUT2D eigenvalue weighted by Gasteiger charge is -2.14. The first-order chi connectivity index (χ1) is 12.1. The second-order valence-electron chi connectivity index (χ2n) is 5.88. The van der Waals surface area contributed by atoms with E-state index < -0.39 is 0 Å². The molecule has 0 bridgehead atoms. The van der Waals surface area contributed by atoms with Gasteiger partial charge in [0.15, 0.2) is 11.0 Å². The van der Waals surface area contributed by atoms with Gasteiger partial charge in [0.1, 0.15) is 11.6 Å². The van der Waals surface area contributed by atoms with Crippen LogP contribution in [0.3, 0.4) is 0 Å². The number of rotatable bonds is 6. The Labute approximate surface area is 151 Å². The zero-order valence-corrected chi connectivity index (χ0v) is 15.3. The molecule has 0 unspecified atom stereocenters. The van der Waals surface area contributed by atoms with Crippen molar-refractivity contribution in [1.29, 1.82) is 0 Å². The molecule has 3 rings (SSSR count). The summed E-state index contributed by atoms with van der Waals surface area (Å²) in [5.74, 6) is 1.92. The average Bonchev–Trinajstić information content (AvgIpc) is 3.05. The van der Waals surface area contributed by atoms with E-state index in [0.717, 1.165) is 22.3 Å². The summed E-state index contributed by atoms with van der Waals surface area (Å²) >= 11 is 1.49. The molecule has 0 radical (unpaired) electrons. The molecule has 0 amide bonds. The normalized spacial score (nSPS) is 11.1. The van der Waals surface area contributed by atoms with Gasteiger partial charge in [-0.3, -0.25) is 4.57 Å². The maximum absolute atomic E-state index is 13.8. The zero-order valence-electron chi connectivity index (χ0n) is 14.4. The zero-order chi connectivity index (χ0) is 17.8.